The van der Waals surface area contributed by atoms with Crippen LogP contribution in [0.3, 0.4) is 0 Å². The fraction of sp³-hybridized carbons (Fsp3) is 0.227. The number of aromatic nitrogens is 2. The van der Waals surface area contributed by atoms with Crippen LogP contribution in [0.15, 0.2) is 48.5 Å². The molecule has 2 aromatic carbocycles. The summed E-state index contributed by atoms with van der Waals surface area (Å²) < 4.78 is 13.5. The Hall–Kier alpha value is -3.48. The van der Waals surface area contributed by atoms with Crippen LogP contribution >= 0.6 is 0 Å². The van der Waals surface area contributed by atoms with Crippen molar-refractivity contribution in [3.63, 3.8) is 0 Å². The van der Waals surface area contributed by atoms with Crippen LogP contribution in [0.1, 0.15) is 57.6 Å². The first-order valence-corrected chi connectivity index (χ1v) is 9.36. The number of H-pyrrole nitrogens is 1. The Morgan fingerprint density at radius 2 is 1.83 bits per heavy atom. The third kappa shape index (κ3) is 3.29. The van der Waals surface area contributed by atoms with Crippen molar-refractivity contribution in [2.45, 2.75) is 26.3 Å². The highest BCUT2D eigenvalue weighted by Crippen LogP contribution is 2.42. The largest absolute Gasteiger partial charge is 0.478 e. The van der Waals surface area contributed by atoms with E-state index in [1.165, 1.54) is 24.3 Å². The Kier molecular flexibility index (Phi) is 4.66. The van der Waals surface area contributed by atoms with Crippen molar-refractivity contribution in [2.24, 2.45) is 5.92 Å². The number of nitrogens with one attached hydrogen (secondary N) is 1. The summed E-state index contributed by atoms with van der Waals surface area (Å²) in [6.07, 6.45) is 0.697. The van der Waals surface area contributed by atoms with E-state index in [2.05, 4.69) is 24.0 Å². The first kappa shape index (κ1) is 18.9. The lowest BCUT2D eigenvalue weighted by Gasteiger charge is -2.26. The van der Waals surface area contributed by atoms with Crippen molar-refractivity contribution in [2.75, 3.05) is 4.90 Å². The van der Waals surface area contributed by atoms with Gasteiger partial charge in [-0.1, -0.05) is 26.0 Å². The Labute approximate surface area is 167 Å². The first-order valence-electron chi connectivity index (χ1n) is 9.36. The summed E-state index contributed by atoms with van der Waals surface area (Å²) in [6, 6.07) is 11.7. The zero-order valence-electron chi connectivity index (χ0n) is 16.0. The molecule has 3 aromatic rings. The number of halogens is 1. The van der Waals surface area contributed by atoms with Crippen molar-refractivity contribution < 1.29 is 19.1 Å². The third-order valence-electron chi connectivity index (χ3n) is 5.03. The quantitative estimate of drug-likeness (QED) is 0.680. The normalized spacial score (nSPS) is 15.8. The van der Waals surface area contributed by atoms with Crippen LogP contribution in [0.2, 0.25) is 0 Å². The van der Waals surface area contributed by atoms with Crippen LogP contribution in [-0.4, -0.2) is 27.2 Å². The number of fused-ring (bicyclic) bond motifs is 1. The number of hydrogen-bond donors (Lipinski definition) is 2. The number of benzene rings is 2. The topological polar surface area (TPSA) is 86.3 Å². The standard InChI is InChI=1S/C22H20FN3O3/c1-12(2)11-17-18-19(25-24-17)21(27)26(16-9-5-14(6-10-16)22(28)29)20(18)13-3-7-15(23)8-4-13/h3-10,12,20H,11H2,1-2H3,(H,24,25)(H,28,29). The summed E-state index contributed by atoms with van der Waals surface area (Å²) in [7, 11) is 0. The fourth-order valence-corrected chi connectivity index (χ4v) is 3.75. The smallest absolute Gasteiger partial charge is 0.335 e. The second-order valence-corrected chi connectivity index (χ2v) is 7.54. The van der Waals surface area contributed by atoms with E-state index in [0.29, 0.717) is 23.7 Å². The van der Waals surface area contributed by atoms with E-state index in [4.69, 9.17) is 5.11 Å². The molecule has 2 heterocycles. The highest BCUT2D eigenvalue weighted by atomic mass is 19.1. The molecular weight excluding hydrogens is 373 g/mol. The van der Waals surface area contributed by atoms with E-state index in [9.17, 15) is 14.0 Å². The number of aromatic amines is 1. The average Bonchev–Trinajstić information content (AvgIpc) is 3.21. The number of carbonyl (C=O) groups excluding carboxylic acids is 1. The molecule has 0 fully saturated rings. The molecule has 7 heteroatoms. The minimum Gasteiger partial charge on any atom is -0.478 e. The summed E-state index contributed by atoms with van der Waals surface area (Å²) in [5, 5.41) is 16.4. The van der Waals surface area contributed by atoms with E-state index < -0.39 is 12.0 Å². The van der Waals surface area contributed by atoms with Crippen LogP contribution < -0.4 is 4.90 Å². The number of carboxylic acids is 1. The first-order chi connectivity index (χ1) is 13.9. The maximum atomic E-state index is 13.5. The Morgan fingerprint density at radius 1 is 1.17 bits per heavy atom. The second-order valence-electron chi connectivity index (χ2n) is 7.54. The van der Waals surface area contributed by atoms with Crippen LogP contribution in [0.5, 0.6) is 0 Å². The molecule has 1 aromatic heterocycles. The summed E-state index contributed by atoms with van der Waals surface area (Å²) in [6.45, 7) is 4.15. The molecule has 0 radical (unpaired) electrons. The van der Waals surface area contributed by atoms with Gasteiger partial charge in [0, 0.05) is 11.3 Å². The predicted octanol–water partition coefficient (Wildman–Crippen LogP) is 4.20. The SMILES string of the molecule is CC(C)Cc1n[nH]c2c1C(c1ccc(F)cc1)N(c1ccc(C(=O)O)cc1)C2=O. The highest BCUT2D eigenvalue weighted by molar-refractivity contribution is 6.10. The van der Waals surface area contributed by atoms with Gasteiger partial charge < -0.3 is 5.11 Å². The molecule has 0 saturated heterocycles. The van der Waals surface area contributed by atoms with E-state index in [1.54, 1.807) is 29.2 Å². The maximum Gasteiger partial charge on any atom is 0.335 e. The maximum absolute atomic E-state index is 13.5. The lowest BCUT2D eigenvalue weighted by atomic mass is 9.95. The number of anilines is 1. The summed E-state index contributed by atoms with van der Waals surface area (Å²) in [4.78, 5) is 26.0. The van der Waals surface area contributed by atoms with Crippen molar-refractivity contribution in [1.29, 1.82) is 0 Å². The third-order valence-corrected chi connectivity index (χ3v) is 5.03. The van der Waals surface area contributed by atoms with E-state index >= 15 is 0 Å². The number of aromatic carboxylic acids is 1. The molecule has 29 heavy (non-hydrogen) atoms. The molecule has 0 spiro atoms. The monoisotopic (exact) mass is 393 g/mol. The lowest BCUT2D eigenvalue weighted by Crippen LogP contribution is -2.29. The Bertz CT molecular complexity index is 1070. The van der Waals surface area contributed by atoms with Crippen LogP contribution in [0, 0.1) is 11.7 Å². The molecule has 6 nitrogen and oxygen atoms in total. The van der Waals surface area contributed by atoms with Gasteiger partial charge in [0.15, 0.2) is 0 Å². The molecule has 1 aliphatic rings. The van der Waals surface area contributed by atoms with Gasteiger partial charge in [-0.15, -0.1) is 0 Å². The van der Waals surface area contributed by atoms with E-state index in [-0.39, 0.29) is 17.3 Å². The summed E-state index contributed by atoms with van der Waals surface area (Å²) in [5.74, 6) is -1.30. The van der Waals surface area contributed by atoms with Gasteiger partial charge in [0.25, 0.3) is 5.91 Å². The Balaban J connectivity index is 1.85. The van der Waals surface area contributed by atoms with Crippen LogP contribution in [0.25, 0.3) is 0 Å². The lowest BCUT2D eigenvalue weighted by molar-refractivity contribution is 0.0696. The zero-order valence-corrected chi connectivity index (χ0v) is 16.0. The van der Waals surface area contributed by atoms with Crippen LogP contribution in [-0.2, 0) is 6.42 Å². The van der Waals surface area contributed by atoms with E-state index in [1.807, 2.05) is 0 Å². The van der Waals surface area contributed by atoms with Crippen molar-refractivity contribution in [1.82, 2.24) is 10.2 Å². The van der Waals surface area contributed by atoms with Gasteiger partial charge >= 0.3 is 5.97 Å². The number of carbonyl (C=O) groups is 2. The van der Waals surface area contributed by atoms with Crippen molar-refractivity contribution in [3.8, 4) is 0 Å². The summed E-state index contributed by atoms with van der Waals surface area (Å²) >= 11 is 0. The number of amides is 1. The highest BCUT2D eigenvalue weighted by Gasteiger charge is 2.42. The number of rotatable bonds is 5. The minimum absolute atomic E-state index is 0.138. The molecule has 0 saturated carbocycles. The number of nitrogens with zero attached hydrogens (tertiary/aromatic N) is 2. The molecule has 1 amide bonds. The Morgan fingerprint density at radius 3 is 2.41 bits per heavy atom. The zero-order chi connectivity index (χ0) is 20.7. The van der Waals surface area contributed by atoms with Gasteiger partial charge in [0.1, 0.15) is 11.5 Å². The van der Waals surface area contributed by atoms with Gasteiger partial charge in [0.2, 0.25) is 0 Å². The molecule has 0 bridgehead atoms. The molecule has 0 aliphatic carbocycles. The van der Waals surface area contributed by atoms with Gasteiger partial charge in [-0.2, -0.15) is 5.10 Å². The number of hydrogen-bond acceptors (Lipinski definition) is 3. The van der Waals surface area contributed by atoms with Crippen LogP contribution in [0.4, 0.5) is 10.1 Å². The fourth-order valence-electron chi connectivity index (χ4n) is 3.75. The van der Waals surface area contributed by atoms with Gasteiger partial charge in [-0.05, 0) is 54.3 Å². The van der Waals surface area contributed by atoms with Gasteiger partial charge in [-0.25, -0.2) is 9.18 Å². The molecule has 4 rings (SSSR count). The van der Waals surface area contributed by atoms with Gasteiger partial charge in [-0.3, -0.25) is 14.8 Å². The van der Waals surface area contributed by atoms with E-state index in [0.717, 1.165) is 16.8 Å². The molecule has 1 aliphatic heterocycles. The van der Waals surface area contributed by atoms with Crippen molar-refractivity contribution in [3.05, 3.63) is 82.4 Å². The molecule has 2 N–H and O–H groups in total. The summed E-state index contributed by atoms with van der Waals surface area (Å²) in [5.41, 5.74) is 3.47. The molecule has 148 valence electrons. The molecule has 1 atom stereocenters. The van der Waals surface area contributed by atoms with Crippen molar-refractivity contribution >= 4 is 17.6 Å². The molecular formula is C22H20FN3O3. The average molecular weight is 393 g/mol. The number of carboxylic acid groups (broad SMARTS) is 1. The minimum atomic E-state index is -1.03. The second kappa shape index (κ2) is 7.16. The molecule has 1 unspecified atom stereocenters. The predicted molar refractivity (Wildman–Crippen MR) is 106 cm³/mol. The van der Waals surface area contributed by atoms with Gasteiger partial charge in [0.05, 0.1) is 17.3 Å².